The number of methoxy groups -OCH3 is 1. The van der Waals surface area contributed by atoms with E-state index >= 15 is 0 Å². The van der Waals surface area contributed by atoms with Gasteiger partial charge in [0.15, 0.2) is 0 Å². The molecule has 23 heavy (non-hydrogen) atoms. The number of nitrogens with one attached hydrogen (secondary N) is 1. The first-order valence-electron chi connectivity index (χ1n) is 6.96. The summed E-state index contributed by atoms with van der Waals surface area (Å²) in [5.74, 6) is -0.804. The predicted molar refractivity (Wildman–Crippen MR) is 80.6 cm³/mol. The number of nitrogens with zero attached hydrogens (tertiary/aromatic N) is 3. The average molecular weight is 330 g/mol. The third-order valence-corrected chi connectivity index (χ3v) is 3.05. The van der Waals surface area contributed by atoms with E-state index in [1.54, 1.807) is 27.8 Å². The predicted octanol–water partition coefficient (Wildman–Crippen LogP) is 0.390. The molecular formula is C13H22N4O6. The van der Waals surface area contributed by atoms with Crippen molar-refractivity contribution in [3.05, 3.63) is 10.1 Å². The number of amides is 1. The van der Waals surface area contributed by atoms with Crippen molar-refractivity contribution >= 4 is 18.4 Å². The maximum atomic E-state index is 11.9. The van der Waals surface area contributed by atoms with Crippen molar-refractivity contribution in [2.45, 2.75) is 44.5 Å². The van der Waals surface area contributed by atoms with Gasteiger partial charge in [-0.15, -0.1) is 0 Å². The Morgan fingerprint density at radius 3 is 2.52 bits per heavy atom. The minimum Gasteiger partial charge on any atom is -0.467 e. The number of hydrogen-bond donors (Lipinski definition) is 1. The van der Waals surface area contributed by atoms with E-state index in [2.05, 4.69) is 15.0 Å². The molecule has 1 rings (SSSR count). The average Bonchev–Trinajstić information content (AvgIpc) is 2.77. The van der Waals surface area contributed by atoms with Crippen LogP contribution in [0.4, 0.5) is 4.79 Å². The minimum atomic E-state index is -1.72. The Hall–Kier alpha value is -2.39. The van der Waals surface area contributed by atoms with Crippen LogP contribution in [0.5, 0.6) is 0 Å². The van der Waals surface area contributed by atoms with Crippen LogP contribution in [0, 0.1) is 10.1 Å². The first-order chi connectivity index (χ1) is 10.5. The second-order valence-corrected chi connectivity index (χ2v) is 6.33. The molecule has 0 aromatic heterocycles. The molecule has 0 fully saturated rings. The fourth-order valence-corrected chi connectivity index (χ4v) is 2.10. The third kappa shape index (κ3) is 5.08. The van der Waals surface area contributed by atoms with E-state index < -0.39 is 34.3 Å². The highest BCUT2D eigenvalue weighted by Crippen LogP contribution is 2.25. The van der Waals surface area contributed by atoms with Crippen molar-refractivity contribution in [3.8, 4) is 0 Å². The van der Waals surface area contributed by atoms with Gasteiger partial charge in [-0.1, -0.05) is 0 Å². The van der Waals surface area contributed by atoms with Gasteiger partial charge in [0, 0.05) is 7.05 Å². The number of carbonyl (C=O) groups is 2. The van der Waals surface area contributed by atoms with Gasteiger partial charge < -0.3 is 19.7 Å². The Morgan fingerprint density at radius 1 is 1.52 bits per heavy atom. The molecule has 0 aromatic carbocycles. The number of rotatable bonds is 5. The molecule has 1 N–H and O–H groups in total. The molecule has 10 nitrogen and oxygen atoms in total. The SMILES string of the molecule is COC(=O)C(CC1([N+](=O)[O-])CN(C)C=N1)NC(=O)OC(C)(C)C. The Labute approximate surface area is 134 Å². The molecule has 1 aliphatic heterocycles. The van der Waals surface area contributed by atoms with Gasteiger partial charge in [-0.05, 0) is 20.8 Å². The Bertz CT molecular complexity index is 515. The van der Waals surface area contributed by atoms with Crippen LogP contribution in [-0.2, 0) is 14.3 Å². The van der Waals surface area contributed by atoms with Crippen molar-refractivity contribution in [2.75, 3.05) is 20.7 Å². The standard InChI is InChI=1S/C13H22N4O6/c1-12(2,3)23-11(19)15-9(10(18)22-5)6-13(17(20)21)7-16(4)8-14-13/h8-9H,6-7H2,1-5H3,(H,15,19). The molecule has 0 saturated carbocycles. The van der Waals surface area contributed by atoms with E-state index in [1.165, 1.54) is 11.2 Å². The number of esters is 1. The van der Waals surface area contributed by atoms with Crippen molar-refractivity contribution in [2.24, 2.45) is 4.99 Å². The zero-order chi connectivity index (χ0) is 17.8. The maximum Gasteiger partial charge on any atom is 0.408 e. The van der Waals surface area contributed by atoms with Crippen LogP contribution in [-0.4, -0.2) is 66.2 Å². The van der Waals surface area contributed by atoms with Crippen molar-refractivity contribution < 1.29 is 24.0 Å². The molecule has 0 aliphatic carbocycles. The molecule has 130 valence electrons. The number of likely N-dealkylation sites (N-methyl/N-ethyl adjacent to an activating group) is 1. The van der Waals surface area contributed by atoms with Crippen LogP contribution >= 0.6 is 0 Å². The van der Waals surface area contributed by atoms with Gasteiger partial charge in [-0.3, -0.25) is 10.1 Å². The summed E-state index contributed by atoms with van der Waals surface area (Å²) in [4.78, 5) is 40.0. The fourth-order valence-electron chi connectivity index (χ4n) is 2.10. The van der Waals surface area contributed by atoms with Crippen LogP contribution < -0.4 is 5.32 Å². The Kier molecular flexibility index (Phi) is 5.51. The van der Waals surface area contributed by atoms with Gasteiger partial charge in [0.1, 0.15) is 18.2 Å². The first-order valence-corrected chi connectivity index (χ1v) is 6.96. The molecule has 1 heterocycles. The van der Waals surface area contributed by atoms with E-state index in [0.29, 0.717) is 0 Å². The van der Waals surface area contributed by atoms with E-state index in [-0.39, 0.29) is 13.0 Å². The number of alkyl carbamates (subject to hydrolysis) is 1. The number of hydrogen-bond acceptors (Lipinski definition) is 8. The lowest BCUT2D eigenvalue weighted by Gasteiger charge is -2.25. The lowest BCUT2D eigenvalue weighted by atomic mass is 10.0. The van der Waals surface area contributed by atoms with E-state index in [0.717, 1.165) is 7.11 Å². The largest absolute Gasteiger partial charge is 0.467 e. The molecule has 0 bridgehead atoms. The molecule has 10 heteroatoms. The highest BCUT2D eigenvalue weighted by Gasteiger charge is 2.50. The van der Waals surface area contributed by atoms with Crippen LogP contribution in [0.3, 0.4) is 0 Å². The van der Waals surface area contributed by atoms with Gasteiger partial charge >= 0.3 is 17.7 Å². The third-order valence-electron chi connectivity index (χ3n) is 3.05. The second kappa shape index (κ2) is 6.80. The van der Waals surface area contributed by atoms with E-state index in [4.69, 9.17) is 4.74 Å². The molecule has 2 atom stereocenters. The maximum absolute atomic E-state index is 11.9. The molecule has 1 aliphatic rings. The highest BCUT2D eigenvalue weighted by molar-refractivity contribution is 5.81. The monoisotopic (exact) mass is 330 g/mol. The van der Waals surface area contributed by atoms with Gasteiger partial charge in [0.25, 0.3) is 0 Å². The number of ether oxygens (including phenoxy) is 2. The van der Waals surface area contributed by atoms with Crippen molar-refractivity contribution in [1.82, 2.24) is 10.2 Å². The zero-order valence-electron chi connectivity index (χ0n) is 13.9. The van der Waals surface area contributed by atoms with E-state index in [1.807, 2.05) is 0 Å². The summed E-state index contributed by atoms with van der Waals surface area (Å²) in [6, 6.07) is -1.25. The summed E-state index contributed by atoms with van der Waals surface area (Å²) >= 11 is 0. The molecule has 0 aromatic rings. The topological polar surface area (TPSA) is 123 Å². The summed E-state index contributed by atoms with van der Waals surface area (Å²) in [6.07, 6.45) is 0.124. The summed E-state index contributed by atoms with van der Waals surface area (Å²) in [5.41, 5.74) is -2.49. The Morgan fingerprint density at radius 2 is 2.13 bits per heavy atom. The fraction of sp³-hybridized carbons (Fsp3) is 0.769. The zero-order valence-corrected chi connectivity index (χ0v) is 13.9. The molecule has 0 saturated heterocycles. The van der Waals surface area contributed by atoms with Crippen LogP contribution in [0.25, 0.3) is 0 Å². The smallest absolute Gasteiger partial charge is 0.408 e. The first kappa shape index (κ1) is 18.7. The molecule has 0 radical (unpaired) electrons. The van der Waals surface area contributed by atoms with Gasteiger partial charge in [0.2, 0.25) is 0 Å². The van der Waals surface area contributed by atoms with Gasteiger partial charge in [0.05, 0.1) is 24.8 Å². The van der Waals surface area contributed by atoms with Gasteiger partial charge in [-0.2, -0.15) is 4.99 Å². The van der Waals surface area contributed by atoms with Gasteiger partial charge in [-0.25, -0.2) is 9.59 Å². The highest BCUT2D eigenvalue weighted by atomic mass is 16.6. The summed E-state index contributed by atoms with van der Waals surface area (Å²) < 4.78 is 9.67. The summed E-state index contributed by atoms with van der Waals surface area (Å²) in [5, 5.41) is 13.7. The molecule has 2 unspecified atom stereocenters. The number of carbonyl (C=O) groups excluding carboxylic acids is 2. The molecule has 1 amide bonds. The second-order valence-electron chi connectivity index (χ2n) is 6.33. The quantitative estimate of drug-likeness (QED) is 0.439. The molecule has 0 spiro atoms. The van der Waals surface area contributed by atoms with Crippen molar-refractivity contribution in [1.29, 1.82) is 0 Å². The van der Waals surface area contributed by atoms with Crippen molar-refractivity contribution in [3.63, 3.8) is 0 Å². The van der Waals surface area contributed by atoms with Crippen LogP contribution in [0.15, 0.2) is 4.99 Å². The summed E-state index contributed by atoms with van der Waals surface area (Å²) in [6.45, 7) is 4.97. The lowest BCUT2D eigenvalue weighted by molar-refractivity contribution is -0.566. The Balaban J connectivity index is 2.90. The normalized spacial score (nSPS) is 21.7. The van der Waals surface area contributed by atoms with Crippen LogP contribution in [0.1, 0.15) is 27.2 Å². The van der Waals surface area contributed by atoms with Crippen LogP contribution in [0.2, 0.25) is 0 Å². The summed E-state index contributed by atoms with van der Waals surface area (Å²) in [7, 11) is 2.76. The minimum absolute atomic E-state index is 0.0104. The number of nitro groups is 1. The lowest BCUT2D eigenvalue weighted by Crippen LogP contribution is -2.52. The molecular weight excluding hydrogens is 308 g/mol. The van der Waals surface area contributed by atoms with E-state index in [9.17, 15) is 19.7 Å². The number of aliphatic imine (C=N–C) groups is 1.